The van der Waals surface area contributed by atoms with Crippen LogP contribution in [-0.4, -0.2) is 20.8 Å². The molecule has 6 nitrogen and oxygen atoms in total. The minimum absolute atomic E-state index is 0.205. The molecule has 0 aliphatic heterocycles. The third kappa shape index (κ3) is 3.59. The summed E-state index contributed by atoms with van der Waals surface area (Å²) in [4.78, 5) is 16.0. The number of benzene rings is 2. The number of hydrogen-bond acceptors (Lipinski definition) is 5. The molecule has 0 fully saturated rings. The first-order valence-corrected chi connectivity index (χ1v) is 7.99. The van der Waals surface area contributed by atoms with Crippen LogP contribution in [0.2, 0.25) is 0 Å². The van der Waals surface area contributed by atoms with Gasteiger partial charge in [0.2, 0.25) is 5.88 Å². The van der Waals surface area contributed by atoms with Gasteiger partial charge < -0.3 is 15.1 Å². The van der Waals surface area contributed by atoms with Gasteiger partial charge in [0.1, 0.15) is 11.5 Å². The third-order valence-electron chi connectivity index (χ3n) is 3.82. The molecule has 0 unspecified atom stereocenters. The summed E-state index contributed by atoms with van der Waals surface area (Å²) in [5, 5.41) is 19.7. The Morgan fingerprint density at radius 1 is 1.04 bits per heavy atom. The fourth-order valence-electron chi connectivity index (χ4n) is 2.64. The molecule has 132 valence electrons. The van der Waals surface area contributed by atoms with Gasteiger partial charge in [0, 0.05) is 12.1 Å². The Hall–Kier alpha value is -3.54. The maximum absolute atomic E-state index is 11.5. The average molecular weight is 350 g/mol. The molecule has 0 bridgehead atoms. The molecule has 0 amide bonds. The number of aliphatic imine (C=N–C) groups is 1. The Kier molecular flexibility index (Phi) is 4.75. The van der Waals surface area contributed by atoms with Gasteiger partial charge in [0.25, 0.3) is 5.56 Å². The highest BCUT2D eigenvalue weighted by atomic mass is 16.5. The molecule has 0 aliphatic carbocycles. The minimum atomic E-state index is -0.699. The van der Waals surface area contributed by atoms with Crippen LogP contribution in [0.4, 0.5) is 5.69 Å². The van der Waals surface area contributed by atoms with Gasteiger partial charge in [-0.05, 0) is 43.7 Å². The highest BCUT2D eigenvalue weighted by Crippen LogP contribution is 2.27. The zero-order valence-electron chi connectivity index (χ0n) is 14.4. The van der Waals surface area contributed by atoms with Crippen molar-refractivity contribution >= 4 is 11.4 Å². The average Bonchev–Trinajstić information content (AvgIpc) is 2.61. The van der Waals surface area contributed by atoms with Crippen molar-refractivity contribution in [2.24, 2.45) is 4.99 Å². The molecular formula is C20H18N2O4. The minimum Gasteiger partial charge on any atom is -0.492 e. The Labute approximate surface area is 150 Å². The van der Waals surface area contributed by atoms with Crippen molar-refractivity contribution in [2.75, 3.05) is 0 Å². The molecule has 0 spiro atoms. The smallest absolute Gasteiger partial charge is 0.286 e. The summed E-state index contributed by atoms with van der Waals surface area (Å²) in [6, 6.07) is 17.8. The topological polar surface area (TPSA) is 84.0 Å². The number of aromatic nitrogens is 1. The van der Waals surface area contributed by atoms with Crippen LogP contribution in [0.25, 0.3) is 0 Å². The monoisotopic (exact) mass is 350 g/mol. The fourth-order valence-corrected chi connectivity index (χ4v) is 2.64. The maximum Gasteiger partial charge on any atom is 0.286 e. The largest absolute Gasteiger partial charge is 0.492 e. The van der Waals surface area contributed by atoms with E-state index in [1.54, 1.807) is 26.0 Å². The van der Waals surface area contributed by atoms with Gasteiger partial charge in [-0.2, -0.15) is 0 Å². The van der Waals surface area contributed by atoms with Gasteiger partial charge in [0.05, 0.1) is 17.0 Å². The Balaban J connectivity index is 1.94. The van der Waals surface area contributed by atoms with Crippen molar-refractivity contribution in [3.63, 3.8) is 0 Å². The van der Waals surface area contributed by atoms with Crippen molar-refractivity contribution in [3.05, 3.63) is 82.1 Å². The number of aromatic hydroxyl groups is 1. The van der Waals surface area contributed by atoms with E-state index in [4.69, 9.17) is 4.74 Å². The lowest BCUT2D eigenvalue weighted by atomic mass is 10.1. The molecule has 3 rings (SSSR count). The highest BCUT2D eigenvalue weighted by molar-refractivity contribution is 6.03. The standard InChI is InChI=1S/C20H18N2O4/c1-13-11-18(23)22(25)20(24)19(13)14(2)21-15-7-6-10-17(12-15)26-16-8-4-3-5-9-16/h3-12,24-25H,1-2H3/b21-14+. The van der Waals surface area contributed by atoms with Crippen molar-refractivity contribution in [1.29, 1.82) is 0 Å². The highest BCUT2D eigenvalue weighted by Gasteiger charge is 2.15. The molecule has 0 saturated carbocycles. The predicted molar refractivity (Wildman–Crippen MR) is 99.1 cm³/mol. The number of rotatable bonds is 4. The Morgan fingerprint density at radius 3 is 2.46 bits per heavy atom. The first kappa shape index (κ1) is 17.3. The second kappa shape index (κ2) is 7.14. The van der Waals surface area contributed by atoms with Crippen LogP contribution in [0.5, 0.6) is 17.4 Å². The quantitative estimate of drug-likeness (QED) is 0.549. The molecule has 2 aromatic carbocycles. The summed E-state index contributed by atoms with van der Waals surface area (Å²) in [7, 11) is 0. The molecule has 1 heterocycles. The van der Waals surface area contributed by atoms with E-state index in [0.717, 1.165) is 0 Å². The molecule has 26 heavy (non-hydrogen) atoms. The van der Waals surface area contributed by atoms with Crippen molar-refractivity contribution in [1.82, 2.24) is 4.73 Å². The summed E-state index contributed by atoms with van der Waals surface area (Å²) < 4.78 is 5.99. The Bertz CT molecular complexity index is 1020. The number of nitrogens with zero attached hydrogens (tertiary/aromatic N) is 2. The molecule has 3 aromatic rings. The molecular weight excluding hydrogens is 332 g/mol. The normalized spacial score (nSPS) is 11.4. The van der Waals surface area contributed by atoms with Crippen LogP contribution in [-0.2, 0) is 0 Å². The van der Waals surface area contributed by atoms with Crippen LogP contribution in [0.3, 0.4) is 0 Å². The van der Waals surface area contributed by atoms with Gasteiger partial charge in [-0.3, -0.25) is 9.79 Å². The zero-order chi connectivity index (χ0) is 18.7. The summed E-state index contributed by atoms with van der Waals surface area (Å²) in [5.41, 5.74) is 1.21. The number of hydrogen-bond donors (Lipinski definition) is 2. The van der Waals surface area contributed by atoms with E-state index in [2.05, 4.69) is 4.99 Å². The van der Waals surface area contributed by atoms with E-state index in [0.29, 0.717) is 34.0 Å². The van der Waals surface area contributed by atoms with Crippen LogP contribution in [0.1, 0.15) is 18.1 Å². The lowest BCUT2D eigenvalue weighted by molar-refractivity contribution is 0.143. The van der Waals surface area contributed by atoms with E-state index >= 15 is 0 Å². The molecule has 0 radical (unpaired) electrons. The maximum atomic E-state index is 11.5. The molecule has 1 aromatic heterocycles. The summed E-state index contributed by atoms with van der Waals surface area (Å²) in [6.45, 7) is 3.36. The first-order valence-electron chi connectivity index (χ1n) is 7.99. The SMILES string of the molecule is C/C(=N\c1cccc(Oc2ccccc2)c1)c1c(C)cc(=O)n(O)c1O. The van der Waals surface area contributed by atoms with Crippen LogP contribution >= 0.6 is 0 Å². The molecule has 6 heteroatoms. The van der Waals surface area contributed by atoms with Gasteiger partial charge in [-0.25, -0.2) is 0 Å². The van der Waals surface area contributed by atoms with Gasteiger partial charge >= 0.3 is 0 Å². The molecule has 0 aliphatic rings. The zero-order valence-corrected chi connectivity index (χ0v) is 14.4. The summed E-state index contributed by atoms with van der Waals surface area (Å²) in [5.74, 6) is 0.803. The lowest BCUT2D eigenvalue weighted by Crippen LogP contribution is -2.20. The van der Waals surface area contributed by atoms with Crippen molar-refractivity contribution < 1.29 is 15.1 Å². The van der Waals surface area contributed by atoms with Crippen LogP contribution in [0.15, 0.2) is 70.5 Å². The predicted octanol–water partition coefficient (Wildman–Crippen LogP) is 4.03. The van der Waals surface area contributed by atoms with Crippen molar-refractivity contribution in [2.45, 2.75) is 13.8 Å². The number of para-hydroxylation sites is 1. The molecule has 0 atom stereocenters. The summed E-state index contributed by atoms with van der Waals surface area (Å²) >= 11 is 0. The lowest BCUT2D eigenvalue weighted by Gasteiger charge is -2.10. The Morgan fingerprint density at radius 2 is 1.73 bits per heavy atom. The molecule has 0 saturated heterocycles. The van der Waals surface area contributed by atoms with Crippen molar-refractivity contribution in [3.8, 4) is 17.4 Å². The summed E-state index contributed by atoms with van der Waals surface area (Å²) in [6.07, 6.45) is 0. The van der Waals surface area contributed by atoms with Crippen LogP contribution < -0.4 is 10.3 Å². The fraction of sp³-hybridized carbons (Fsp3) is 0.100. The third-order valence-corrected chi connectivity index (χ3v) is 3.82. The van der Waals surface area contributed by atoms with E-state index in [1.165, 1.54) is 6.07 Å². The number of ether oxygens (including phenoxy) is 1. The van der Waals surface area contributed by atoms with E-state index in [9.17, 15) is 15.1 Å². The molecule has 2 N–H and O–H groups in total. The van der Waals surface area contributed by atoms with Gasteiger partial charge in [0.15, 0.2) is 0 Å². The van der Waals surface area contributed by atoms with Gasteiger partial charge in [-0.1, -0.05) is 24.3 Å². The number of pyridine rings is 1. The van der Waals surface area contributed by atoms with E-state index in [1.807, 2.05) is 42.5 Å². The second-order valence-electron chi connectivity index (χ2n) is 5.79. The van der Waals surface area contributed by atoms with E-state index in [-0.39, 0.29) is 4.73 Å². The van der Waals surface area contributed by atoms with Gasteiger partial charge in [-0.15, -0.1) is 4.73 Å². The first-order chi connectivity index (χ1) is 12.5. The number of aryl methyl sites for hydroxylation is 1. The second-order valence-corrected chi connectivity index (χ2v) is 5.79. The van der Waals surface area contributed by atoms with Crippen LogP contribution in [0, 0.1) is 6.92 Å². The van der Waals surface area contributed by atoms with E-state index < -0.39 is 11.4 Å².